The first kappa shape index (κ1) is 21.2. The first-order chi connectivity index (χ1) is 13.0. The van der Waals surface area contributed by atoms with E-state index < -0.39 is 11.6 Å². The number of carbonyl (C=O) groups is 2. The number of nitrogens with one attached hydrogen (secondary N) is 1. The molecule has 1 saturated carbocycles. The molecule has 27 heavy (non-hydrogen) atoms. The summed E-state index contributed by atoms with van der Waals surface area (Å²) >= 11 is 0. The molecular formula is C21H31NO5. The predicted octanol–water partition coefficient (Wildman–Crippen LogP) is 4.19. The summed E-state index contributed by atoms with van der Waals surface area (Å²) in [5.74, 6) is 0.254. The zero-order valence-corrected chi connectivity index (χ0v) is 16.8. The summed E-state index contributed by atoms with van der Waals surface area (Å²) in [5, 5.41) is 2.94. The van der Waals surface area contributed by atoms with Crippen LogP contribution in [0.5, 0.6) is 5.75 Å². The van der Waals surface area contributed by atoms with Crippen LogP contribution in [0.25, 0.3) is 0 Å². The maximum atomic E-state index is 13.1. The van der Waals surface area contributed by atoms with Crippen LogP contribution in [0.3, 0.4) is 0 Å². The quantitative estimate of drug-likeness (QED) is 0.688. The standard InChI is InChI=1S/C21H31NO5/c1-5-25-18-11-10-16(13-17(18)19(23)26-6-2)22-20(24)21(27-7-3)12-8-9-15(4)14-21/h10-11,13,15H,5-9,12,14H2,1-4H3,(H,22,24)/t15-,21-/m0/s1. The van der Waals surface area contributed by atoms with E-state index in [1.807, 2.05) is 13.8 Å². The van der Waals surface area contributed by atoms with E-state index in [4.69, 9.17) is 14.2 Å². The van der Waals surface area contributed by atoms with Gasteiger partial charge >= 0.3 is 5.97 Å². The van der Waals surface area contributed by atoms with E-state index in [2.05, 4.69) is 12.2 Å². The van der Waals surface area contributed by atoms with Crippen molar-refractivity contribution in [2.75, 3.05) is 25.1 Å². The molecular weight excluding hydrogens is 346 g/mol. The van der Waals surface area contributed by atoms with Gasteiger partial charge in [-0.15, -0.1) is 0 Å². The highest BCUT2D eigenvalue weighted by Crippen LogP contribution is 2.36. The van der Waals surface area contributed by atoms with Crippen molar-refractivity contribution in [3.8, 4) is 5.75 Å². The molecule has 0 heterocycles. The van der Waals surface area contributed by atoms with Gasteiger partial charge in [-0.2, -0.15) is 0 Å². The van der Waals surface area contributed by atoms with Gasteiger partial charge in [0.15, 0.2) is 0 Å². The minimum absolute atomic E-state index is 0.158. The van der Waals surface area contributed by atoms with Crippen molar-refractivity contribution in [1.82, 2.24) is 0 Å². The van der Waals surface area contributed by atoms with Crippen LogP contribution in [0.15, 0.2) is 18.2 Å². The van der Waals surface area contributed by atoms with Gasteiger partial charge in [-0.05, 0) is 64.2 Å². The minimum atomic E-state index is -0.810. The first-order valence-corrected chi connectivity index (χ1v) is 9.85. The molecule has 0 aliphatic heterocycles. The van der Waals surface area contributed by atoms with Crippen molar-refractivity contribution in [1.29, 1.82) is 0 Å². The summed E-state index contributed by atoms with van der Waals surface area (Å²) in [4.78, 5) is 25.3. The topological polar surface area (TPSA) is 73.9 Å². The van der Waals surface area contributed by atoms with Crippen molar-refractivity contribution < 1.29 is 23.8 Å². The van der Waals surface area contributed by atoms with E-state index in [0.29, 0.717) is 49.0 Å². The Morgan fingerprint density at radius 2 is 1.96 bits per heavy atom. The van der Waals surface area contributed by atoms with E-state index in [1.165, 1.54) is 0 Å². The zero-order valence-electron chi connectivity index (χ0n) is 16.8. The number of anilines is 1. The van der Waals surface area contributed by atoms with Gasteiger partial charge in [0.25, 0.3) is 5.91 Å². The zero-order chi connectivity index (χ0) is 19.9. The fraction of sp³-hybridized carbons (Fsp3) is 0.619. The van der Waals surface area contributed by atoms with Crippen LogP contribution in [0.4, 0.5) is 5.69 Å². The molecule has 1 amide bonds. The van der Waals surface area contributed by atoms with Crippen LogP contribution >= 0.6 is 0 Å². The SMILES string of the molecule is CCOC(=O)c1cc(NC(=O)[C@]2(OCC)CCC[C@H](C)C2)ccc1OCC. The maximum absolute atomic E-state index is 13.1. The van der Waals surface area contributed by atoms with Crippen LogP contribution in [0.2, 0.25) is 0 Å². The van der Waals surface area contributed by atoms with Crippen LogP contribution in [0, 0.1) is 5.92 Å². The molecule has 1 aromatic carbocycles. The van der Waals surface area contributed by atoms with Crippen molar-refractivity contribution in [2.24, 2.45) is 5.92 Å². The summed E-state index contributed by atoms with van der Waals surface area (Å²) in [5.41, 5.74) is 0.0255. The summed E-state index contributed by atoms with van der Waals surface area (Å²) in [6, 6.07) is 5.02. The van der Waals surface area contributed by atoms with Crippen LogP contribution in [0.1, 0.15) is 63.7 Å². The summed E-state index contributed by atoms with van der Waals surface area (Å²) in [6.45, 7) is 8.84. The smallest absolute Gasteiger partial charge is 0.341 e. The molecule has 1 fully saturated rings. The number of hydrogen-bond donors (Lipinski definition) is 1. The maximum Gasteiger partial charge on any atom is 0.341 e. The number of hydrogen-bond acceptors (Lipinski definition) is 5. The van der Waals surface area contributed by atoms with E-state index in [1.54, 1.807) is 25.1 Å². The lowest BCUT2D eigenvalue weighted by molar-refractivity contribution is -0.147. The van der Waals surface area contributed by atoms with Crippen molar-refractivity contribution in [3.05, 3.63) is 23.8 Å². The van der Waals surface area contributed by atoms with Gasteiger partial charge in [-0.1, -0.05) is 13.3 Å². The summed E-state index contributed by atoms with van der Waals surface area (Å²) in [7, 11) is 0. The molecule has 1 aliphatic carbocycles. The Morgan fingerprint density at radius 1 is 1.19 bits per heavy atom. The Kier molecular flexibility index (Phi) is 7.66. The molecule has 2 atom stereocenters. The van der Waals surface area contributed by atoms with Crippen molar-refractivity contribution >= 4 is 17.6 Å². The fourth-order valence-electron chi connectivity index (χ4n) is 3.68. The number of esters is 1. The molecule has 0 spiro atoms. The average molecular weight is 377 g/mol. The third kappa shape index (κ3) is 5.22. The lowest BCUT2D eigenvalue weighted by atomic mass is 9.78. The second kappa shape index (κ2) is 9.74. The Labute approximate surface area is 161 Å². The highest BCUT2D eigenvalue weighted by Gasteiger charge is 2.42. The predicted molar refractivity (Wildman–Crippen MR) is 104 cm³/mol. The van der Waals surface area contributed by atoms with Gasteiger partial charge in [0.2, 0.25) is 0 Å². The van der Waals surface area contributed by atoms with Crippen LogP contribution in [-0.4, -0.2) is 37.3 Å². The average Bonchev–Trinajstić information content (AvgIpc) is 2.63. The highest BCUT2D eigenvalue weighted by atomic mass is 16.5. The number of carbonyl (C=O) groups excluding carboxylic acids is 2. The van der Waals surface area contributed by atoms with Gasteiger partial charge in [0, 0.05) is 12.3 Å². The Bertz CT molecular complexity index is 656. The second-order valence-corrected chi connectivity index (χ2v) is 6.95. The minimum Gasteiger partial charge on any atom is -0.493 e. The molecule has 2 rings (SSSR count). The Morgan fingerprint density at radius 3 is 2.59 bits per heavy atom. The normalized spacial score (nSPS) is 22.1. The van der Waals surface area contributed by atoms with Crippen LogP contribution in [-0.2, 0) is 14.3 Å². The van der Waals surface area contributed by atoms with Gasteiger partial charge in [-0.3, -0.25) is 4.79 Å². The lowest BCUT2D eigenvalue weighted by Crippen LogP contribution is -2.48. The van der Waals surface area contributed by atoms with Gasteiger partial charge in [0.05, 0.1) is 13.2 Å². The molecule has 1 aliphatic rings. The molecule has 6 nitrogen and oxygen atoms in total. The monoisotopic (exact) mass is 377 g/mol. The molecule has 1 N–H and O–H groups in total. The Hall–Kier alpha value is -2.08. The van der Waals surface area contributed by atoms with Crippen LogP contribution < -0.4 is 10.1 Å². The summed E-state index contributed by atoms with van der Waals surface area (Å²) < 4.78 is 16.5. The fourth-order valence-corrected chi connectivity index (χ4v) is 3.68. The highest BCUT2D eigenvalue weighted by molar-refractivity contribution is 5.99. The first-order valence-electron chi connectivity index (χ1n) is 9.85. The number of amides is 1. The van der Waals surface area contributed by atoms with E-state index in [9.17, 15) is 9.59 Å². The number of rotatable bonds is 8. The second-order valence-electron chi connectivity index (χ2n) is 6.95. The van der Waals surface area contributed by atoms with Crippen molar-refractivity contribution in [3.63, 3.8) is 0 Å². The molecule has 0 aromatic heterocycles. The molecule has 0 saturated heterocycles. The van der Waals surface area contributed by atoms with E-state index in [-0.39, 0.29) is 12.5 Å². The third-order valence-corrected chi connectivity index (χ3v) is 4.82. The third-order valence-electron chi connectivity index (χ3n) is 4.82. The number of ether oxygens (including phenoxy) is 3. The van der Waals surface area contributed by atoms with Gasteiger partial charge in [-0.25, -0.2) is 4.79 Å². The molecule has 1 aromatic rings. The molecule has 6 heteroatoms. The molecule has 0 radical (unpaired) electrons. The lowest BCUT2D eigenvalue weighted by Gasteiger charge is -2.38. The van der Waals surface area contributed by atoms with Gasteiger partial charge < -0.3 is 19.5 Å². The van der Waals surface area contributed by atoms with Gasteiger partial charge in [0.1, 0.15) is 16.9 Å². The summed E-state index contributed by atoms with van der Waals surface area (Å²) in [6.07, 6.45) is 3.48. The van der Waals surface area contributed by atoms with E-state index in [0.717, 1.165) is 12.8 Å². The molecule has 0 bridgehead atoms. The molecule has 0 unspecified atom stereocenters. The number of benzene rings is 1. The Balaban J connectivity index is 2.25. The van der Waals surface area contributed by atoms with E-state index >= 15 is 0 Å². The van der Waals surface area contributed by atoms with Crippen molar-refractivity contribution in [2.45, 2.75) is 59.0 Å². The largest absolute Gasteiger partial charge is 0.493 e. The molecule has 150 valence electrons.